The van der Waals surface area contributed by atoms with Crippen LogP contribution in [0.2, 0.25) is 0 Å². The third-order valence-corrected chi connectivity index (χ3v) is 3.66. The highest BCUT2D eigenvalue weighted by atomic mass is 16.5. The number of nitrogens with one attached hydrogen (secondary N) is 1. The van der Waals surface area contributed by atoms with Crippen LogP contribution in [0.15, 0.2) is 41.1 Å². The van der Waals surface area contributed by atoms with Gasteiger partial charge in [-0.3, -0.25) is 0 Å². The second-order valence-corrected chi connectivity index (χ2v) is 5.29. The number of aromatic nitrogens is 2. The Hall–Kier alpha value is -3.33. The maximum absolute atomic E-state index is 8.88. The quantitative estimate of drug-likeness (QED) is 0.783. The van der Waals surface area contributed by atoms with Crippen LogP contribution >= 0.6 is 0 Å². The predicted octanol–water partition coefficient (Wildman–Crippen LogP) is 3.98. The van der Waals surface area contributed by atoms with E-state index in [4.69, 9.17) is 14.5 Å². The highest BCUT2D eigenvalue weighted by molar-refractivity contribution is 5.75. The van der Waals surface area contributed by atoms with Crippen molar-refractivity contribution >= 4 is 11.4 Å². The van der Waals surface area contributed by atoms with Gasteiger partial charge < -0.3 is 14.6 Å². The first-order valence-electron chi connectivity index (χ1n) is 7.37. The zero-order valence-electron chi connectivity index (χ0n) is 13.6. The van der Waals surface area contributed by atoms with E-state index in [0.29, 0.717) is 11.4 Å². The fourth-order valence-electron chi connectivity index (χ4n) is 2.52. The molecule has 0 fully saturated rings. The molecule has 0 unspecified atom stereocenters. The number of hydrogen-bond donors (Lipinski definition) is 1. The number of benzene rings is 1. The van der Waals surface area contributed by atoms with Crippen molar-refractivity contribution in [2.75, 3.05) is 12.4 Å². The van der Waals surface area contributed by atoms with Crippen LogP contribution in [0.3, 0.4) is 0 Å². The van der Waals surface area contributed by atoms with E-state index in [1.807, 2.05) is 32.0 Å². The summed E-state index contributed by atoms with van der Waals surface area (Å²) >= 11 is 0. The van der Waals surface area contributed by atoms with Gasteiger partial charge in [-0.15, -0.1) is 0 Å². The molecule has 0 atom stereocenters. The predicted molar refractivity (Wildman–Crippen MR) is 90.2 cm³/mol. The van der Waals surface area contributed by atoms with Crippen LogP contribution in [-0.4, -0.2) is 17.3 Å². The summed E-state index contributed by atoms with van der Waals surface area (Å²) in [5.41, 5.74) is 4.79. The lowest BCUT2D eigenvalue weighted by molar-refractivity contribution is 0.393. The molecule has 0 radical (unpaired) electrons. The number of anilines is 2. The average molecular weight is 320 g/mol. The number of pyridine rings is 1. The number of nitrogens with zero attached hydrogens (tertiary/aromatic N) is 3. The summed E-state index contributed by atoms with van der Waals surface area (Å²) in [7, 11) is 1.57. The molecule has 0 aliphatic rings. The number of ether oxygens (including phenoxy) is 1. The van der Waals surface area contributed by atoms with Gasteiger partial charge in [0.2, 0.25) is 5.88 Å². The zero-order valence-corrected chi connectivity index (χ0v) is 13.6. The molecule has 0 saturated heterocycles. The molecule has 0 aliphatic heterocycles. The van der Waals surface area contributed by atoms with E-state index in [1.54, 1.807) is 25.4 Å². The van der Waals surface area contributed by atoms with Crippen LogP contribution in [0.1, 0.15) is 17.0 Å². The molecule has 0 amide bonds. The summed E-state index contributed by atoms with van der Waals surface area (Å²) in [5, 5.41) is 16.1. The first-order chi connectivity index (χ1) is 11.6. The van der Waals surface area contributed by atoms with Crippen LogP contribution in [0.5, 0.6) is 5.88 Å². The molecule has 3 rings (SSSR count). The van der Waals surface area contributed by atoms with Crippen molar-refractivity contribution in [2.24, 2.45) is 0 Å². The summed E-state index contributed by atoms with van der Waals surface area (Å²) in [6.07, 6.45) is 1.73. The summed E-state index contributed by atoms with van der Waals surface area (Å²) < 4.78 is 10.6. The minimum Gasteiger partial charge on any atom is -0.480 e. The third kappa shape index (κ3) is 2.92. The summed E-state index contributed by atoms with van der Waals surface area (Å²) in [6.45, 7) is 3.76. The van der Waals surface area contributed by atoms with Crippen LogP contribution in [-0.2, 0) is 0 Å². The first-order valence-corrected chi connectivity index (χ1v) is 7.37. The third-order valence-electron chi connectivity index (χ3n) is 3.66. The van der Waals surface area contributed by atoms with Crippen LogP contribution < -0.4 is 10.1 Å². The summed E-state index contributed by atoms with van der Waals surface area (Å²) in [6, 6.07) is 11.2. The van der Waals surface area contributed by atoms with E-state index in [0.717, 1.165) is 34.0 Å². The summed E-state index contributed by atoms with van der Waals surface area (Å²) in [4.78, 5) is 4.36. The van der Waals surface area contributed by atoms with Gasteiger partial charge >= 0.3 is 0 Å². The van der Waals surface area contributed by atoms with E-state index in [1.165, 1.54) is 0 Å². The van der Waals surface area contributed by atoms with Gasteiger partial charge in [0.1, 0.15) is 11.4 Å². The Balaban J connectivity index is 1.99. The minimum absolute atomic E-state index is 0.481. The molecule has 1 aromatic carbocycles. The smallest absolute Gasteiger partial charge is 0.237 e. The Morgan fingerprint density at radius 1 is 1.21 bits per heavy atom. The number of hydrogen-bond acceptors (Lipinski definition) is 6. The Morgan fingerprint density at radius 2 is 1.96 bits per heavy atom. The number of nitriles is 1. The molecule has 24 heavy (non-hydrogen) atoms. The van der Waals surface area contributed by atoms with Crippen LogP contribution in [0, 0.1) is 25.2 Å². The second kappa shape index (κ2) is 6.42. The Kier molecular flexibility index (Phi) is 4.17. The van der Waals surface area contributed by atoms with Crippen molar-refractivity contribution < 1.29 is 9.26 Å². The molecule has 6 heteroatoms. The van der Waals surface area contributed by atoms with Gasteiger partial charge in [0, 0.05) is 23.0 Å². The second-order valence-electron chi connectivity index (χ2n) is 5.29. The van der Waals surface area contributed by atoms with Crippen molar-refractivity contribution in [3.8, 4) is 23.1 Å². The number of aryl methyl sites for hydroxylation is 2. The Bertz CT molecular complexity index is 888. The molecule has 2 aromatic heterocycles. The van der Waals surface area contributed by atoms with Gasteiger partial charge in [-0.05, 0) is 44.2 Å². The lowest BCUT2D eigenvalue weighted by atomic mass is 10.1. The normalized spacial score (nSPS) is 10.2. The van der Waals surface area contributed by atoms with Gasteiger partial charge in [-0.2, -0.15) is 5.26 Å². The average Bonchev–Trinajstić information content (AvgIpc) is 2.94. The van der Waals surface area contributed by atoms with E-state index in [-0.39, 0.29) is 0 Å². The summed E-state index contributed by atoms with van der Waals surface area (Å²) in [5.74, 6) is 1.22. The molecular weight excluding hydrogens is 304 g/mol. The van der Waals surface area contributed by atoms with Crippen LogP contribution in [0.4, 0.5) is 11.4 Å². The van der Waals surface area contributed by atoms with E-state index in [9.17, 15) is 0 Å². The van der Waals surface area contributed by atoms with Gasteiger partial charge in [-0.25, -0.2) is 4.98 Å². The standard InChI is InChI=1S/C18H16N4O2/c1-11-17(12(2)24-22-11)14-8-16(18(23-3)20-10-14)21-15-6-4-13(9-19)5-7-15/h4-8,10,21H,1-3H3. The molecule has 120 valence electrons. The van der Waals surface area contributed by atoms with Crippen molar-refractivity contribution in [1.82, 2.24) is 10.1 Å². The van der Waals surface area contributed by atoms with Gasteiger partial charge in [-0.1, -0.05) is 5.16 Å². The fraction of sp³-hybridized carbons (Fsp3) is 0.167. The maximum Gasteiger partial charge on any atom is 0.237 e. The molecule has 1 N–H and O–H groups in total. The molecule has 0 aliphatic carbocycles. The molecular formula is C18H16N4O2. The highest BCUT2D eigenvalue weighted by Gasteiger charge is 2.15. The molecule has 2 heterocycles. The molecule has 6 nitrogen and oxygen atoms in total. The minimum atomic E-state index is 0.481. The highest BCUT2D eigenvalue weighted by Crippen LogP contribution is 2.33. The van der Waals surface area contributed by atoms with E-state index < -0.39 is 0 Å². The molecule has 3 aromatic rings. The Labute approximate surface area is 139 Å². The van der Waals surface area contributed by atoms with E-state index in [2.05, 4.69) is 21.5 Å². The monoisotopic (exact) mass is 320 g/mol. The lowest BCUT2D eigenvalue weighted by Gasteiger charge is -2.12. The van der Waals surface area contributed by atoms with E-state index >= 15 is 0 Å². The largest absolute Gasteiger partial charge is 0.480 e. The van der Waals surface area contributed by atoms with Crippen molar-refractivity contribution in [2.45, 2.75) is 13.8 Å². The van der Waals surface area contributed by atoms with Crippen molar-refractivity contribution in [1.29, 1.82) is 5.26 Å². The number of rotatable bonds is 4. The van der Waals surface area contributed by atoms with Gasteiger partial charge in [0.05, 0.1) is 24.4 Å². The Morgan fingerprint density at radius 3 is 2.54 bits per heavy atom. The molecule has 0 bridgehead atoms. The maximum atomic E-state index is 8.88. The lowest BCUT2D eigenvalue weighted by Crippen LogP contribution is -1.98. The molecule has 0 saturated carbocycles. The molecule has 0 spiro atoms. The van der Waals surface area contributed by atoms with Gasteiger partial charge in [0.25, 0.3) is 0 Å². The van der Waals surface area contributed by atoms with Crippen molar-refractivity contribution in [3.05, 3.63) is 53.5 Å². The fourth-order valence-corrected chi connectivity index (χ4v) is 2.52. The first kappa shape index (κ1) is 15.6. The number of methoxy groups -OCH3 is 1. The SMILES string of the molecule is COc1ncc(-c2c(C)noc2C)cc1Nc1ccc(C#N)cc1. The topological polar surface area (TPSA) is 84.0 Å². The van der Waals surface area contributed by atoms with Crippen LogP contribution in [0.25, 0.3) is 11.1 Å². The van der Waals surface area contributed by atoms with Crippen molar-refractivity contribution in [3.63, 3.8) is 0 Å². The zero-order chi connectivity index (χ0) is 17.1. The van der Waals surface area contributed by atoms with Gasteiger partial charge in [0.15, 0.2) is 0 Å².